The monoisotopic (exact) mass is 340 g/mol. The summed E-state index contributed by atoms with van der Waals surface area (Å²) >= 11 is 2.23. The highest BCUT2D eigenvalue weighted by Crippen LogP contribution is 2.33. The summed E-state index contributed by atoms with van der Waals surface area (Å²) in [6.45, 7) is 0.492. The molecule has 1 fully saturated rings. The van der Waals surface area contributed by atoms with Crippen molar-refractivity contribution < 1.29 is 4.79 Å². The molecular weight excluding hydrogens is 327 g/mol. The third kappa shape index (κ3) is 3.19. The average molecular weight is 340 g/mol. The second-order valence-electron chi connectivity index (χ2n) is 4.15. The molecule has 0 heterocycles. The molecule has 0 radical (unpaired) electrons. The lowest BCUT2D eigenvalue weighted by Gasteiger charge is -2.22. The number of benzene rings is 1. The van der Waals surface area contributed by atoms with E-state index in [-0.39, 0.29) is 11.8 Å². The van der Waals surface area contributed by atoms with Crippen LogP contribution in [0.25, 0.3) is 0 Å². The zero-order valence-corrected chi connectivity index (χ0v) is 11.6. The Balaban J connectivity index is 2.19. The van der Waals surface area contributed by atoms with E-state index in [0.717, 1.165) is 22.1 Å². The zero-order valence-electron chi connectivity index (χ0n) is 9.40. The highest BCUT2D eigenvalue weighted by atomic mass is 127. The first-order chi connectivity index (χ1) is 8.22. The van der Waals surface area contributed by atoms with E-state index in [0.29, 0.717) is 13.0 Å². The molecule has 1 aromatic rings. The lowest BCUT2D eigenvalue weighted by atomic mass is 10.2. The van der Waals surface area contributed by atoms with E-state index in [4.69, 9.17) is 5.26 Å². The van der Waals surface area contributed by atoms with Gasteiger partial charge in [-0.05, 0) is 53.6 Å². The van der Waals surface area contributed by atoms with Crippen LogP contribution in [0, 0.1) is 20.8 Å². The van der Waals surface area contributed by atoms with Gasteiger partial charge in [0, 0.05) is 21.7 Å². The number of nitriles is 1. The van der Waals surface area contributed by atoms with Gasteiger partial charge in [0.15, 0.2) is 0 Å². The molecule has 0 atom stereocenters. The maximum atomic E-state index is 12.1. The Morgan fingerprint density at radius 3 is 2.88 bits per heavy atom. The molecule has 88 valence electrons. The van der Waals surface area contributed by atoms with Crippen LogP contribution in [0.5, 0.6) is 0 Å². The van der Waals surface area contributed by atoms with Gasteiger partial charge in [-0.1, -0.05) is 6.07 Å². The Morgan fingerprint density at radius 1 is 1.53 bits per heavy atom. The van der Waals surface area contributed by atoms with E-state index in [1.165, 1.54) is 0 Å². The number of hydrogen-bond acceptors (Lipinski definition) is 2. The van der Waals surface area contributed by atoms with Crippen LogP contribution in [0.15, 0.2) is 24.3 Å². The van der Waals surface area contributed by atoms with Gasteiger partial charge in [-0.15, -0.1) is 0 Å². The summed E-state index contributed by atoms with van der Waals surface area (Å²) in [5, 5.41) is 8.66. The molecule has 17 heavy (non-hydrogen) atoms. The number of rotatable bonds is 4. The quantitative estimate of drug-likeness (QED) is 0.791. The number of anilines is 1. The highest BCUT2D eigenvalue weighted by molar-refractivity contribution is 14.1. The minimum absolute atomic E-state index is 0.169. The molecule has 1 aromatic carbocycles. The molecule has 0 saturated heterocycles. The molecule has 1 aliphatic carbocycles. The Labute approximate surface area is 115 Å². The summed E-state index contributed by atoms with van der Waals surface area (Å²) in [5.74, 6) is 0.355. The normalized spacial score (nSPS) is 14.1. The highest BCUT2D eigenvalue weighted by Gasteiger charge is 2.33. The summed E-state index contributed by atoms with van der Waals surface area (Å²) < 4.78 is 1.10. The van der Waals surface area contributed by atoms with Gasteiger partial charge < -0.3 is 4.90 Å². The number of amides is 1. The van der Waals surface area contributed by atoms with Crippen molar-refractivity contribution in [3.05, 3.63) is 27.8 Å². The molecule has 2 rings (SSSR count). The van der Waals surface area contributed by atoms with Crippen LogP contribution in [0.1, 0.15) is 19.3 Å². The smallest absolute Gasteiger partial charge is 0.230 e. The Morgan fingerprint density at radius 2 is 2.29 bits per heavy atom. The van der Waals surface area contributed by atoms with Crippen molar-refractivity contribution in [1.29, 1.82) is 5.26 Å². The number of carbonyl (C=O) groups is 1. The fourth-order valence-corrected chi connectivity index (χ4v) is 2.25. The van der Waals surface area contributed by atoms with Crippen molar-refractivity contribution in [2.75, 3.05) is 11.4 Å². The van der Waals surface area contributed by atoms with Gasteiger partial charge in [0.1, 0.15) is 0 Å². The first-order valence-electron chi connectivity index (χ1n) is 5.66. The van der Waals surface area contributed by atoms with Crippen LogP contribution in [-0.2, 0) is 4.79 Å². The molecule has 1 saturated carbocycles. The van der Waals surface area contributed by atoms with E-state index < -0.39 is 0 Å². The minimum atomic E-state index is 0.169. The van der Waals surface area contributed by atoms with Crippen LogP contribution < -0.4 is 4.90 Å². The second-order valence-corrected chi connectivity index (χ2v) is 5.40. The van der Waals surface area contributed by atoms with Gasteiger partial charge in [0.2, 0.25) is 5.91 Å². The first kappa shape index (κ1) is 12.4. The lowest BCUT2D eigenvalue weighted by Crippen LogP contribution is -2.33. The molecular formula is C13H13IN2O. The topological polar surface area (TPSA) is 44.1 Å². The predicted octanol–water partition coefficient (Wildman–Crippen LogP) is 2.95. The minimum Gasteiger partial charge on any atom is -0.311 e. The van der Waals surface area contributed by atoms with Crippen molar-refractivity contribution in [3.63, 3.8) is 0 Å². The molecule has 0 spiro atoms. The van der Waals surface area contributed by atoms with Crippen molar-refractivity contribution in [2.24, 2.45) is 5.92 Å². The van der Waals surface area contributed by atoms with Crippen LogP contribution in [0.2, 0.25) is 0 Å². The number of hydrogen-bond donors (Lipinski definition) is 0. The summed E-state index contributed by atoms with van der Waals surface area (Å²) in [5.41, 5.74) is 0.907. The maximum Gasteiger partial charge on any atom is 0.230 e. The molecule has 4 heteroatoms. The number of halogens is 1. The van der Waals surface area contributed by atoms with Gasteiger partial charge in [-0.25, -0.2) is 0 Å². The SMILES string of the molecule is N#CCCN(C(=O)C1CC1)c1cccc(I)c1. The fraction of sp³-hybridized carbons (Fsp3) is 0.385. The Kier molecular flexibility index (Phi) is 4.00. The molecule has 0 aromatic heterocycles. The van der Waals surface area contributed by atoms with Crippen LogP contribution in [-0.4, -0.2) is 12.5 Å². The van der Waals surface area contributed by atoms with Crippen molar-refractivity contribution >= 4 is 34.2 Å². The third-order valence-electron chi connectivity index (χ3n) is 2.76. The number of carbonyl (C=O) groups excluding carboxylic acids is 1. The summed E-state index contributed by atoms with van der Waals surface area (Å²) in [6.07, 6.45) is 2.36. The van der Waals surface area contributed by atoms with Crippen molar-refractivity contribution in [1.82, 2.24) is 0 Å². The van der Waals surface area contributed by atoms with E-state index in [9.17, 15) is 4.79 Å². The summed E-state index contributed by atoms with van der Waals surface area (Å²) in [4.78, 5) is 13.9. The van der Waals surface area contributed by atoms with Crippen molar-refractivity contribution in [2.45, 2.75) is 19.3 Å². The van der Waals surface area contributed by atoms with Gasteiger partial charge in [-0.3, -0.25) is 4.79 Å². The van der Waals surface area contributed by atoms with Gasteiger partial charge >= 0.3 is 0 Å². The van der Waals surface area contributed by atoms with Crippen molar-refractivity contribution in [3.8, 4) is 6.07 Å². The van der Waals surface area contributed by atoms with E-state index >= 15 is 0 Å². The van der Waals surface area contributed by atoms with Gasteiger partial charge in [-0.2, -0.15) is 5.26 Å². The molecule has 3 nitrogen and oxygen atoms in total. The summed E-state index contributed by atoms with van der Waals surface area (Å²) in [7, 11) is 0. The van der Waals surface area contributed by atoms with E-state index in [1.807, 2.05) is 24.3 Å². The third-order valence-corrected chi connectivity index (χ3v) is 3.43. The molecule has 1 amide bonds. The van der Waals surface area contributed by atoms with Gasteiger partial charge in [0.25, 0.3) is 0 Å². The Bertz CT molecular complexity index is 463. The predicted molar refractivity (Wildman–Crippen MR) is 74.5 cm³/mol. The fourth-order valence-electron chi connectivity index (χ4n) is 1.72. The van der Waals surface area contributed by atoms with Crippen LogP contribution in [0.4, 0.5) is 5.69 Å². The van der Waals surface area contributed by atoms with Crippen LogP contribution >= 0.6 is 22.6 Å². The lowest BCUT2D eigenvalue weighted by molar-refractivity contribution is -0.119. The van der Waals surface area contributed by atoms with Gasteiger partial charge in [0.05, 0.1) is 12.5 Å². The second kappa shape index (κ2) is 5.50. The average Bonchev–Trinajstić information content (AvgIpc) is 3.13. The summed E-state index contributed by atoms with van der Waals surface area (Å²) in [6, 6.07) is 9.95. The largest absolute Gasteiger partial charge is 0.311 e. The maximum absolute atomic E-state index is 12.1. The first-order valence-corrected chi connectivity index (χ1v) is 6.74. The molecule has 0 N–H and O–H groups in total. The number of nitrogens with zero attached hydrogens (tertiary/aromatic N) is 2. The molecule has 1 aliphatic rings. The molecule has 0 aliphatic heterocycles. The van der Waals surface area contributed by atoms with E-state index in [2.05, 4.69) is 28.7 Å². The standard InChI is InChI=1S/C13H13IN2O/c14-11-3-1-4-12(9-11)16(8-2-7-15)13(17)10-5-6-10/h1,3-4,9-10H,2,5-6,8H2. The van der Waals surface area contributed by atoms with E-state index in [1.54, 1.807) is 4.90 Å². The molecule has 0 bridgehead atoms. The molecule has 0 unspecified atom stereocenters. The Hall–Kier alpha value is -1.09. The zero-order chi connectivity index (χ0) is 12.3. The van der Waals surface area contributed by atoms with Crippen LogP contribution in [0.3, 0.4) is 0 Å².